The van der Waals surface area contributed by atoms with E-state index in [2.05, 4.69) is 10.0 Å². The van der Waals surface area contributed by atoms with Gasteiger partial charge in [0.25, 0.3) is 0 Å². The van der Waals surface area contributed by atoms with Crippen LogP contribution in [0.15, 0.2) is 0 Å². The molecule has 0 aromatic rings. The van der Waals surface area contributed by atoms with E-state index in [0.29, 0.717) is 12.3 Å². The second-order valence-corrected chi connectivity index (χ2v) is 9.47. The fourth-order valence-electron chi connectivity index (χ4n) is 2.35. The monoisotopic (exact) mass is 312 g/mol. The third kappa shape index (κ3) is 7.86. The average Bonchev–Trinajstić information content (AvgIpc) is 2.24. The molecular weight excluding hydrogens is 288 g/mol. The molecule has 1 aliphatic rings. The summed E-state index contributed by atoms with van der Waals surface area (Å²) >= 11 is 0. The van der Waals surface area contributed by atoms with E-state index < -0.39 is 25.9 Å². The highest BCUT2D eigenvalue weighted by Crippen LogP contribution is 2.16. The number of piperidine rings is 1. The van der Waals surface area contributed by atoms with Gasteiger partial charge in [-0.05, 0) is 45.2 Å². The summed E-state index contributed by atoms with van der Waals surface area (Å²) < 4.78 is 48.3. The van der Waals surface area contributed by atoms with Crippen LogP contribution >= 0.6 is 0 Å². The molecule has 1 atom stereocenters. The molecular formula is C11H24N2O4S2. The second-order valence-electron chi connectivity index (χ2n) is 5.41. The molecule has 0 amide bonds. The molecule has 114 valence electrons. The minimum absolute atomic E-state index is 0.0752. The fraction of sp³-hybridized carbons (Fsp3) is 1.00. The van der Waals surface area contributed by atoms with Gasteiger partial charge in [-0.15, -0.1) is 0 Å². The Morgan fingerprint density at radius 2 is 1.79 bits per heavy atom. The van der Waals surface area contributed by atoms with Crippen LogP contribution in [0.5, 0.6) is 0 Å². The van der Waals surface area contributed by atoms with Crippen molar-refractivity contribution in [2.24, 2.45) is 5.92 Å². The quantitative estimate of drug-likeness (QED) is 0.675. The molecule has 1 unspecified atom stereocenters. The van der Waals surface area contributed by atoms with Crippen LogP contribution < -0.4 is 10.0 Å². The maximum Gasteiger partial charge on any atom is 0.211 e. The Morgan fingerprint density at radius 1 is 1.21 bits per heavy atom. The summed E-state index contributed by atoms with van der Waals surface area (Å²) in [6.07, 6.45) is 3.76. The van der Waals surface area contributed by atoms with Crippen LogP contribution in [0, 0.1) is 5.92 Å². The number of rotatable bonds is 7. The first kappa shape index (κ1) is 16.9. The Morgan fingerprint density at radius 3 is 2.32 bits per heavy atom. The van der Waals surface area contributed by atoms with Gasteiger partial charge in [0, 0.05) is 12.3 Å². The van der Waals surface area contributed by atoms with Crippen molar-refractivity contribution in [2.45, 2.75) is 32.2 Å². The number of hydrogen-bond donors (Lipinski definition) is 2. The summed E-state index contributed by atoms with van der Waals surface area (Å²) in [4.78, 5) is 0. The molecule has 8 heteroatoms. The van der Waals surface area contributed by atoms with Crippen LogP contribution in [0.3, 0.4) is 0 Å². The lowest BCUT2D eigenvalue weighted by Crippen LogP contribution is -2.39. The minimum Gasteiger partial charge on any atom is -0.317 e. The van der Waals surface area contributed by atoms with Gasteiger partial charge in [0.2, 0.25) is 10.0 Å². The highest BCUT2D eigenvalue weighted by atomic mass is 32.2. The highest BCUT2D eigenvalue weighted by Gasteiger charge is 2.20. The molecule has 1 saturated heterocycles. The van der Waals surface area contributed by atoms with Gasteiger partial charge in [0.15, 0.2) is 0 Å². The molecule has 2 N–H and O–H groups in total. The molecule has 0 aromatic carbocycles. The van der Waals surface area contributed by atoms with E-state index >= 15 is 0 Å². The molecule has 0 radical (unpaired) electrons. The van der Waals surface area contributed by atoms with E-state index in [1.165, 1.54) is 0 Å². The average molecular weight is 312 g/mol. The van der Waals surface area contributed by atoms with Gasteiger partial charge in [-0.3, -0.25) is 0 Å². The van der Waals surface area contributed by atoms with Gasteiger partial charge in [0.05, 0.1) is 11.5 Å². The molecule has 0 aliphatic carbocycles. The molecule has 1 heterocycles. The molecule has 1 rings (SSSR count). The van der Waals surface area contributed by atoms with Gasteiger partial charge >= 0.3 is 0 Å². The van der Waals surface area contributed by atoms with Crippen LogP contribution in [0.25, 0.3) is 0 Å². The maximum atomic E-state index is 11.8. The normalized spacial score (nSPS) is 20.3. The van der Waals surface area contributed by atoms with Crippen molar-refractivity contribution >= 4 is 19.9 Å². The summed E-state index contributed by atoms with van der Waals surface area (Å²) in [6, 6.07) is -0.576. The van der Waals surface area contributed by atoms with Crippen molar-refractivity contribution in [1.29, 1.82) is 0 Å². The largest absolute Gasteiger partial charge is 0.317 e. The van der Waals surface area contributed by atoms with E-state index in [1.807, 2.05) is 0 Å². The Bertz CT molecular complexity index is 467. The lowest BCUT2D eigenvalue weighted by atomic mass is 9.96. The van der Waals surface area contributed by atoms with E-state index in [4.69, 9.17) is 0 Å². The van der Waals surface area contributed by atoms with Gasteiger partial charge in [-0.25, -0.2) is 21.6 Å². The predicted octanol–water partition coefficient (Wildman–Crippen LogP) is -0.271. The molecule has 0 spiro atoms. The van der Waals surface area contributed by atoms with Crippen LogP contribution in [-0.4, -0.2) is 53.7 Å². The highest BCUT2D eigenvalue weighted by molar-refractivity contribution is 7.91. The van der Waals surface area contributed by atoms with Gasteiger partial charge in [-0.2, -0.15) is 0 Å². The lowest BCUT2D eigenvalue weighted by molar-refractivity contribution is 0.365. The van der Waals surface area contributed by atoms with Crippen molar-refractivity contribution < 1.29 is 16.8 Å². The van der Waals surface area contributed by atoms with Crippen LogP contribution in [0.2, 0.25) is 0 Å². The third-order valence-corrected chi connectivity index (χ3v) is 5.83. The Labute approximate surface area is 116 Å². The molecule has 19 heavy (non-hydrogen) atoms. The van der Waals surface area contributed by atoms with Crippen LogP contribution in [-0.2, 0) is 19.9 Å². The zero-order chi connectivity index (χ0) is 14.5. The standard InChI is InChI=1S/C11H24N2O4S2/c1-10(9-18(2,14)15)13-19(16,17)8-5-11-3-6-12-7-4-11/h10-13H,3-9H2,1-2H3. The van der Waals surface area contributed by atoms with Gasteiger partial charge in [0.1, 0.15) is 9.84 Å². The SMILES string of the molecule is CC(CS(C)(=O)=O)NS(=O)(=O)CCC1CCNCC1. The Hall–Kier alpha value is -0.180. The molecule has 0 aromatic heterocycles. The van der Waals surface area contributed by atoms with Crippen LogP contribution in [0.4, 0.5) is 0 Å². The summed E-state index contributed by atoms with van der Waals surface area (Å²) in [5, 5.41) is 3.24. The zero-order valence-electron chi connectivity index (χ0n) is 11.6. The number of nitrogens with one attached hydrogen (secondary N) is 2. The fourth-order valence-corrected chi connectivity index (χ4v) is 4.90. The maximum absolute atomic E-state index is 11.8. The Balaban J connectivity index is 2.38. The second kappa shape index (κ2) is 7.01. The summed E-state index contributed by atoms with van der Waals surface area (Å²) in [5.74, 6) is 0.355. The first-order chi connectivity index (χ1) is 8.68. The van der Waals surface area contributed by atoms with Crippen molar-refractivity contribution in [1.82, 2.24) is 10.0 Å². The van der Waals surface area contributed by atoms with Crippen molar-refractivity contribution in [2.75, 3.05) is 30.9 Å². The van der Waals surface area contributed by atoms with E-state index in [0.717, 1.165) is 32.2 Å². The minimum atomic E-state index is -3.39. The van der Waals surface area contributed by atoms with Crippen molar-refractivity contribution in [3.05, 3.63) is 0 Å². The van der Waals surface area contributed by atoms with Crippen molar-refractivity contribution in [3.8, 4) is 0 Å². The molecule has 6 nitrogen and oxygen atoms in total. The summed E-state index contributed by atoms with van der Waals surface area (Å²) in [7, 11) is -6.55. The smallest absolute Gasteiger partial charge is 0.211 e. The first-order valence-corrected chi connectivity index (χ1v) is 10.3. The summed E-state index contributed by atoms with van der Waals surface area (Å²) in [5.41, 5.74) is 0. The van der Waals surface area contributed by atoms with E-state index in [-0.39, 0.29) is 11.5 Å². The van der Waals surface area contributed by atoms with E-state index in [9.17, 15) is 16.8 Å². The lowest BCUT2D eigenvalue weighted by Gasteiger charge is -2.22. The predicted molar refractivity (Wildman–Crippen MR) is 76.3 cm³/mol. The number of sulfone groups is 1. The molecule has 0 bridgehead atoms. The topological polar surface area (TPSA) is 92.3 Å². The third-order valence-electron chi connectivity index (χ3n) is 3.19. The van der Waals surface area contributed by atoms with E-state index in [1.54, 1.807) is 6.92 Å². The number of hydrogen-bond acceptors (Lipinski definition) is 5. The summed E-state index contributed by atoms with van der Waals surface area (Å²) in [6.45, 7) is 3.47. The van der Waals surface area contributed by atoms with Crippen molar-refractivity contribution in [3.63, 3.8) is 0 Å². The Kier molecular flexibility index (Phi) is 6.22. The van der Waals surface area contributed by atoms with Gasteiger partial charge in [-0.1, -0.05) is 0 Å². The zero-order valence-corrected chi connectivity index (χ0v) is 13.2. The van der Waals surface area contributed by atoms with Gasteiger partial charge < -0.3 is 5.32 Å². The molecule has 1 aliphatic heterocycles. The van der Waals surface area contributed by atoms with Crippen LogP contribution in [0.1, 0.15) is 26.2 Å². The molecule has 0 saturated carbocycles. The molecule has 1 fully saturated rings. The first-order valence-electron chi connectivity index (χ1n) is 6.56. The number of sulfonamides is 1.